The van der Waals surface area contributed by atoms with Gasteiger partial charge in [-0.3, -0.25) is 0 Å². The van der Waals surface area contributed by atoms with Crippen molar-refractivity contribution in [1.29, 1.82) is 0 Å². The summed E-state index contributed by atoms with van der Waals surface area (Å²) in [7, 11) is 0. The second-order valence-corrected chi connectivity index (χ2v) is 4.83. The predicted octanol–water partition coefficient (Wildman–Crippen LogP) is 3.64. The molecule has 0 aliphatic heterocycles. The van der Waals surface area contributed by atoms with Gasteiger partial charge in [0.05, 0.1) is 0 Å². The van der Waals surface area contributed by atoms with Gasteiger partial charge in [-0.1, -0.05) is 32.9 Å². The van der Waals surface area contributed by atoms with E-state index in [0.29, 0.717) is 5.92 Å². The maximum Gasteiger partial charge on any atom is 0.0366 e. The standard InChI is InChI=1S/C16H28N2/c1-5-14(4)15-8-10-16(11-9-15)18(7-3)13-12-17-6-2/h8-11,14,17H,5-7,12-13H2,1-4H3. The Morgan fingerprint density at radius 1 is 1.11 bits per heavy atom. The number of likely N-dealkylation sites (N-methyl/N-ethyl adjacent to an activating group) is 2. The molecule has 2 heteroatoms. The van der Waals surface area contributed by atoms with Gasteiger partial charge in [0.1, 0.15) is 0 Å². The summed E-state index contributed by atoms with van der Waals surface area (Å²) in [5.74, 6) is 0.663. The molecule has 0 saturated carbocycles. The fourth-order valence-corrected chi connectivity index (χ4v) is 2.11. The summed E-state index contributed by atoms with van der Waals surface area (Å²) in [5.41, 5.74) is 2.78. The molecular weight excluding hydrogens is 220 g/mol. The van der Waals surface area contributed by atoms with Crippen molar-refractivity contribution >= 4 is 5.69 Å². The molecule has 1 atom stereocenters. The Hall–Kier alpha value is -1.02. The fourth-order valence-electron chi connectivity index (χ4n) is 2.11. The van der Waals surface area contributed by atoms with E-state index in [2.05, 4.69) is 62.2 Å². The Morgan fingerprint density at radius 3 is 2.28 bits per heavy atom. The fraction of sp³-hybridized carbons (Fsp3) is 0.625. The highest BCUT2D eigenvalue weighted by Gasteiger charge is 2.06. The Bertz CT molecular complexity index is 318. The Morgan fingerprint density at radius 2 is 1.78 bits per heavy atom. The molecule has 2 nitrogen and oxygen atoms in total. The van der Waals surface area contributed by atoms with E-state index in [9.17, 15) is 0 Å². The molecule has 0 radical (unpaired) electrons. The van der Waals surface area contributed by atoms with Crippen molar-refractivity contribution in [2.45, 2.75) is 40.0 Å². The largest absolute Gasteiger partial charge is 0.371 e. The van der Waals surface area contributed by atoms with Crippen LogP contribution < -0.4 is 10.2 Å². The Kier molecular flexibility index (Phi) is 6.81. The van der Waals surface area contributed by atoms with Gasteiger partial charge in [-0.05, 0) is 43.5 Å². The third-order valence-corrected chi connectivity index (χ3v) is 3.63. The first kappa shape index (κ1) is 15.0. The topological polar surface area (TPSA) is 15.3 Å². The van der Waals surface area contributed by atoms with Crippen LogP contribution in [0.25, 0.3) is 0 Å². The second-order valence-electron chi connectivity index (χ2n) is 4.83. The number of rotatable bonds is 8. The van der Waals surface area contributed by atoms with E-state index in [1.54, 1.807) is 0 Å². The zero-order valence-electron chi connectivity index (χ0n) is 12.4. The van der Waals surface area contributed by atoms with Gasteiger partial charge >= 0.3 is 0 Å². The smallest absolute Gasteiger partial charge is 0.0366 e. The predicted molar refractivity (Wildman–Crippen MR) is 81.6 cm³/mol. The molecule has 0 aromatic heterocycles. The van der Waals surface area contributed by atoms with E-state index in [4.69, 9.17) is 0 Å². The first-order valence-electron chi connectivity index (χ1n) is 7.28. The van der Waals surface area contributed by atoms with Crippen LogP contribution >= 0.6 is 0 Å². The van der Waals surface area contributed by atoms with Gasteiger partial charge in [0.25, 0.3) is 0 Å². The number of anilines is 1. The average molecular weight is 248 g/mol. The molecule has 1 aromatic carbocycles. The molecule has 1 rings (SSSR count). The molecule has 0 aliphatic rings. The lowest BCUT2D eigenvalue weighted by Gasteiger charge is -2.24. The van der Waals surface area contributed by atoms with Crippen LogP contribution in [0.3, 0.4) is 0 Å². The van der Waals surface area contributed by atoms with Crippen LogP contribution in [0.4, 0.5) is 5.69 Å². The van der Waals surface area contributed by atoms with E-state index in [1.165, 1.54) is 17.7 Å². The molecule has 0 amide bonds. The summed E-state index contributed by atoms with van der Waals surface area (Å²) in [6, 6.07) is 9.08. The molecule has 0 fully saturated rings. The quantitative estimate of drug-likeness (QED) is 0.707. The van der Waals surface area contributed by atoms with E-state index >= 15 is 0 Å². The van der Waals surface area contributed by atoms with Gasteiger partial charge in [0.15, 0.2) is 0 Å². The van der Waals surface area contributed by atoms with Crippen LogP contribution in [0.2, 0.25) is 0 Å². The molecule has 0 bridgehead atoms. The van der Waals surface area contributed by atoms with Crippen LogP contribution in [-0.2, 0) is 0 Å². The van der Waals surface area contributed by atoms with E-state index in [-0.39, 0.29) is 0 Å². The third-order valence-electron chi connectivity index (χ3n) is 3.63. The van der Waals surface area contributed by atoms with Crippen molar-refractivity contribution in [3.8, 4) is 0 Å². The van der Waals surface area contributed by atoms with Crippen molar-refractivity contribution in [3.63, 3.8) is 0 Å². The van der Waals surface area contributed by atoms with Gasteiger partial charge < -0.3 is 10.2 Å². The maximum atomic E-state index is 3.38. The highest BCUT2D eigenvalue weighted by molar-refractivity contribution is 5.48. The van der Waals surface area contributed by atoms with Gasteiger partial charge in [-0.2, -0.15) is 0 Å². The lowest BCUT2D eigenvalue weighted by atomic mass is 9.98. The van der Waals surface area contributed by atoms with Gasteiger partial charge in [0.2, 0.25) is 0 Å². The van der Waals surface area contributed by atoms with E-state index in [0.717, 1.165) is 26.2 Å². The highest BCUT2D eigenvalue weighted by atomic mass is 15.1. The summed E-state index contributed by atoms with van der Waals surface area (Å²) in [6.07, 6.45) is 1.21. The number of benzene rings is 1. The van der Waals surface area contributed by atoms with Gasteiger partial charge in [-0.25, -0.2) is 0 Å². The molecule has 18 heavy (non-hydrogen) atoms. The molecular formula is C16H28N2. The van der Waals surface area contributed by atoms with Crippen molar-refractivity contribution in [2.75, 3.05) is 31.1 Å². The molecule has 0 saturated heterocycles. The van der Waals surface area contributed by atoms with E-state index < -0.39 is 0 Å². The van der Waals surface area contributed by atoms with Crippen LogP contribution in [0.1, 0.15) is 45.6 Å². The molecule has 102 valence electrons. The molecule has 0 aliphatic carbocycles. The number of nitrogens with one attached hydrogen (secondary N) is 1. The van der Waals surface area contributed by atoms with Crippen molar-refractivity contribution in [1.82, 2.24) is 5.32 Å². The van der Waals surface area contributed by atoms with Crippen molar-refractivity contribution in [3.05, 3.63) is 29.8 Å². The van der Waals surface area contributed by atoms with Crippen LogP contribution in [-0.4, -0.2) is 26.2 Å². The minimum absolute atomic E-state index is 0.663. The number of hydrogen-bond acceptors (Lipinski definition) is 2. The van der Waals surface area contributed by atoms with Crippen LogP contribution in [0.15, 0.2) is 24.3 Å². The first-order chi connectivity index (χ1) is 8.72. The monoisotopic (exact) mass is 248 g/mol. The minimum atomic E-state index is 0.663. The second kappa shape index (κ2) is 8.15. The lowest BCUT2D eigenvalue weighted by Crippen LogP contribution is -2.31. The SMILES string of the molecule is CCNCCN(CC)c1ccc(C(C)CC)cc1. The molecule has 1 unspecified atom stereocenters. The molecule has 0 spiro atoms. The summed E-state index contributed by atoms with van der Waals surface area (Å²) in [6.45, 7) is 13.1. The minimum Gasteiger partial charge on any atom is -0.371 e. The molecule has 1 aromatic rings. The van der Waals surface area contributed by atoms with Crippen molar-refractivity contribution < 1.29 is 0 Å². The summed E-state index contributed by atoms with van der Waals surface area (Å²) >= 11 is 0. The molecule has 0 heterocycles. The highest BCUT2D eigenvalue weighted by Crippen LogP contribution is 2.22. The van der Waals surface area contributed by atoms with Gasteiger partial charge in [-0.15, -0.1) is 0 Å². The van der Waals surface area contributed by atoms with Gasteiger partial charge in [0, 0.05) is 25.3 Å². The summed E-state index contributed by atoms with van der Waals surface area (Å²) in [5, 5.41) is 3.38. The Labute approximate surface area is 112 Å². The van der Waals surface area contributed by atoms with E-state index in [1.807, 2.05) is 0 Å². The average Bonchev–Trinajstić information content (AvgIpc) is 2.43. The van der Waals surface area contributed by atoms with Crippen molar-refractivity contribution in [2.24, 2.45) is 0 Å². The zero-order chi connectivity index (χ0) is 13.4. The third kappa shape index (κ3) is 4.34. The number of hydrogen-bond donors (Lipinski definition) is 1. The first-order valence-corrected chi connectivity index (χ1v) is 7.28. The lowest BCUT2D eigenvalue weighted by molar-refractivity contribution is 0.687. The Balaban J connectivity index is 2.63. The normalized spacial score (nSPS) is 12.4. The van der Waals surface area contributed by atoms with Crippen LogP contribution in [0, 0.1) is 0 Å². The number of nitrogens with zero attached hydrogens (tertiary/aromatic N) is 1. The maximum absolute atomic E-state index is 3.38. The molecule has 1 N–H and O–H groups in total. The summed E-state index contributed by atoms with van der Waals surface area (Å²) in [4.78, 5) is 2.42. The summed E-state index contributed by atoms with van der Waals surface area (Å²) < 4.78 is 0. The van der Waals surface area contributed by atoms with Crippen LogP contribution in [0.5, 0.6) is 0 Å². The zero-order valence-corrected chi connectivity index (χ0v) is 12.4.